The number of rotatable bonds is 2. The van der Waals surface area contributed by atoms with Crippen molar-refractivity contribution >= 4 is 0 Å². The summed E-state index contributed by atoms with van der Waals surface area (Å²) >= 11 is 0. The summed E-state index contributed by atoms with van der Waals surface area (Å²) in [6.45, 7) is 5.93. The summed E-state index contributed by atoms with van der Waals surface area (Å²) in [5.41, 5.74) is 1.17. The Balaban J connectivity index is 2.95. The summed E-state index contributed by atoms with van der Waals surface area (Å²) in [5, 5.41) is 0. The Kier molecular flexibility index (Phi) is 2.89. The molecule has 0 aromatic rings. The van der Waals surface area contributed by atoms with Crippen LogP contribution in [0.15, 0.2) is 48.6 Å². The van der Waals surface area contributed by atoms with Gasteiger partial charge in [-0.2, -0.15) is 0 Å². The summed E-state index contributed by atoms with van der Waals surface area (Å²) < 4.78 is 0. The third kappa shape index (κ3) is 2.19. The summed E-state index contributed by atoms with van der Waals surface area (Å²) in [7, 11) is 4.15. The van der Waals surface area contributed by atoms with Crippen LogP contribution in [0.25, 0.3) is 0 Å². The highest BCUT2D eigenvalue weighted by Crippen LogP contribution is 2.19. The number of nitrogens with zero attached hydrogens (tertiary/aromatic N) is 1. The molecule has 1 aliphatic rings. The van der Waals surface area contributed by atoms with E-state index in [2.05, 4.69) is 62.9 Å². The SMILES string of the molecule is C=CC1=CC=CC(C)(N(C)C)C=C1. The number of hydrogen-bond acceptors (Lipinski definition) is 1. The maximum Gasteiger partial charge on any atom is 0.0547 e. The van der Waals surface area contributed by atoms with Crippen LogP contribution in [0.4, 0.5) is 0 Å². The molecule has 0 radical (unpaired) electrons. The summed E-state index contributed by atoms with van der Waals surface area (Å²) in [6.07, 6.45) is 12.5. The van der Waals surface area contributed by atoms with Crippen LogP contribution in [0.3, 0.4) is 0 Å². The molecule has 1 rings (SSSR count). The molecule has 1 unspecified atom stereocenters. The summed E-state index contributed by atoms with van der Waals surface area (Å²) in [5.74, 6) is 0. The van der Waals surface area contributed by atoms with Crippen LogP contribution in [-0.2, 0) is 0 Å². The van der Waals surface area contributed by atoms with E-state index in [9.17, 15) is 0 Å². The molecule has 1 heteroatoms. The fourth-order valence-electron chi connectivity index (χ4n) is 1.16. The molecular weight excluding hydrogens is 158 g/mol. The average molecular weight is 175 g/mol. The first-order valence-corrected chi connectivity index (χ1v) is 4.47. The van der Waals surface area contributed by atoms with Gasteiger partial charge < -0.3 is 0 Å². The number of hydrogen-bond donors (Lipinski definition) is 0. The van der Waals surface area contributed by atoms with Gasteiger partial charge in [-0.15, -0.1) is 0 Å². The first-order chi connectivity index (χ1) is 6.08. The third-order valence-electron chi connectivity index (χ3n) is 2.53. The molecule has 0 aromatic heterocycles. The Morgan fingerprint density at radius 3 is 2.62 bits per heavy atom. The molecule has 0 amide bonds. The Morgan fingerprint density at radius 1 is 1.38 bits per heavy atom. The van der Waals surface area contributed by atoms with Gasteiger partial charge in [-0.05, 0) is 26.6 Å². The minimum Gasteiger partial charge on any atom is -0.297 e. The topological polar surface area (TPSA) is 3.24 Å². The zero-order valence-corrected chi connectivity index (χ0v) is 8.62. The van der Waals surface area contributed by atoms with Crippen molar-refractivity contribution < 1.29 is 0 Å². The summed E-state index contributed by atoms with van der Waals surface area (Å²) in [4.78, 5) is 2.18. The predicted molar refractivity (Wildman–Crippen MR) is 58.7 cm³/mol. The standard InChI is InChI=1S/C12H17N/c1-5-11-7-6-9-12(2,10-8-11)13(3)4/h5-10H,1H2,2-4H3. The highest BCUT2D eigenvalue weighted by molar-refractivity contribution is 5.39. The second kappa shape index (κ2) is 3.75. The van der Waals surface area contributed by atoms with E-state index in [1.807, 2.05) is 6.08 Å². The third-order valence-corrected chi connectivity index (χ3v) is 2.53. The van der Waals surface area contributed by atoms with E-state index in [0.29, 0.717) is 0 Å². The van der Waals surface area contributed by atoms with Crippen LogP contribution in [0.5, 0.6) is 0 Å². The van der Waals surface area contributed by atoms with Crippen molar-refractivity contribution in [2.45, 2.75) is 12.5 Å². The van der Waals surface area contributed by atoms with Crippen LogP contribution in [0.1, 0.15) is 6.92 Å². The van der Waals surface area contributed by atoms with Crippen molar-refractivity contribution in [1.29, 1.82) is 0 Å². The molecule has 1 atom stereocenters. The number of likely N-dealkylation sites (N-methyl/N-ethyl adjacent to an activating group) is 1. The molecule has 13 heavy (non-hydrogen) atoms. The van der Waals surface area contributed by atoms with E-state index < -0.39 is 0 Å². The quantitative estimate of drug-likeness (QED) is 0.623. The minimum absolute atomic E-state index is 0.0151. The van der Waals surface area contributed by atoms with Gasteiger partial charge in [-0.1, -0.05) is 43.0 Å². The van der Waals surface area contributed by atoms with Gasteiger partial charge in [-0.25, -0.2) is 0 Å². The second-order valence-corrected chi connectivity index (χ2v) is 3.68. The first-order valence-electron chi connectivity index (χ1n) is 4.47. The largest absolute Gasteiger partial charge is 0.297 e. The zero-order valence-electron chi connectivity index (χ0n) is 8.62. The van der Waals surface area contributed by atoms with Gasteiger partial charge in [0.2, 0.25) is 0 Å². The minimum atomic E-state index is 0.0151. The molecule has 1 aliphatic carbocycles. The zero-order chi connectivity index (χ0) is 9.90. The van der Waals surface area contributed by atoms with Gasteiger partial charge in [-0.3, -0.25) is 4.90 Å². The molecule has 0 fully saturated rings. The molecule has 0 aromatic carbocycles. The van der Waals surface area contributed by atoms with Crippen LogP contribution < -0.4 is 0 Å². The monoisotopic (exact) mass is 175 g/mol. The van der Waals surface area contributed by atoms with Crippen molar-refractivity contribution in [3.05, 3.63) is 48.6 Å². The smallest absolute Gasteiger partial charge is 0.0547 e. The molecule has 0 N–H and O–H groups in total. The maximum absolute atomic E-state index is 3.75. The van der Waals surface area contributed by atoms with Gasteiger partial charge in [0.05, 0.1) is 5.54 Å². The van der Waals surface area contributed by atoms with E-state index in [1.165, 1.54) is 0 Å². The lowest BCUT2D eigenvalue weighted by Crippen LogP contribution is -2.37. The van der Waals surface area contributed by atoms with E-state index in [4.69, 9.17) is 0 Å². The maximum atomic E-state index is 3.75. The Labute approximate surface area is 80.7 Å². The van der Waals surface area contributed by atoms with Crippen molar-refractivity contribution in [3.8, 4) is 0 Å². The van der Waals surface area contributed by atoms with Gasteiger partial charge in [0, 0.05) is 0 Å². The fourth-order valence-corrected chi connectivity index (χ4v) is 1.16. The Hall–Kier alpha value is -1.08. The van der Waals surface area contributed by atoms with Gasteiger partial charge in [0.1, 0.15) is 0 Å². The van der Waals surface area contributed by atoms with Crippen molar-refractivity contribution in [2.75, 3.05) is 14.1 Å². The van der Waals surface area contributed by atoms with Crippen molar-refractivity contribution in [2.24, 2.45) is 0 Å². The highest BCUT2D eigenvalue weighted by Gasteiger charge is 2.19. The average Bonchev–Trinajstić information content (AvgIpc) is 2.28. The van der Waals surface area contributed by atoms with Crippen molar-refractivity contribution in [3.63, 3.8) is 0 Å². The van der Waals surface area contributed by atoms with Gasteiger partial charge >= 0.3 is 0 Å². The molecule has 0 bridgehead atoms. The molecule has 0 spiro atoms. The van der Waals surface area contributed by atoms with Crippen LogP contribution in [0, 0.1) is 0 Å². The molecule has 0 aliphatic heterocycles. The first kappa shape index (κ1) is 10.0. The molecule has 0 saturated carbocycles. The normalized spacial score (nSPS) is 27.2. The molecule has 0 heterocycles. The highest BCUT2D eigenvalue weighted by atomic mass is 15.1. The lowest BCUT2D eigenvalue weighted by atomic mass is 10.0. The van der Waals surface area contributed by atoms with E-state index in [0.717, 1.165) is 5.57 Å². The summed E-state index contributed by atoms with van der Waals surface area (Å²) in [6, 6.07) is 0. The van der Waals surface area contributed by atoms with Crippen molar-refractivity contribution in [1.82, 2.24) is 4.90 Å². The Bertz CT molecular complexity index is 281. The van der Waals surface area contributed by atoms with Gasteiger partial charge in [0.25, 0.3) is 0 Å². The molecular formula is C12H17N. The fraction of sp³-hybridized carbons (Fsp3) is 0.333. The Morgan fingerprint density at radius 2 is 2.08 bits per heavy atom. The molecule has 1 nitrogen and oxygen atoms in total. The van der Waals surface area contributed by atoms with E-state index >= 15 is 0 Å². The lowest BCUT2D eigenvalue weighted by Gasteiger charge is -2.29. The van der Waals surface area contributed by atoms with Gasteiger partial charge in [0.15, 0.2) is 0 Å². The second-order valence-electron chi connectivity index (χ2n) is 3.68. The molecule has 0 saturated heterocycles. The van der Waals surface area contributed by atoms with Crippen LogP contribution in [-0.4, -0.2) is 24.5 Å². The number of allylic oxidation sites excluding steroid dienone is 5. The lowest BCUT2D eigenvalue weighted by molar-refractivity contribution is 0.285. The van der Waals surface area contributed by atoms with Crippen LogP contribution in [0.2, 0.25) is 0 Å². The predicted octanol–water partition coefficient (Wildman–Crippen LogP) is 2.55. The molecule has 70 valence electrons. The van der Waals surface area contributed by atoms with E-state index in [1.54, 1.807) is 0 Å². The van der Waals surface area contributed by atoms with Crippen LogP contribution >= 0.6 is 0 Å². The van der Waals surface area contributed by atoms with E-state index in [-0.39, 0.29) is 5.54 Å².